The minimum atomic E-state index is -0.983. The van der Waals surface area contributed by atoms with Gasteiger partial charge in [0.1, 0.15) is 0 Å². The highest BCUT2D eigenvalue weighted by Crippen LogP contribution is 2.42. The molecular formula is C22H28N2O2. The fraction of sp³-hybridized carbons (Fsp3) is 0.409. The molecule has 0 aromatic heterocycles. The number of aryl methyl sites for hydroxylation is 1. The first-order chi connectivity index (χ1) is 12.5. The van der Waals surface area contributed by atoms with Gasteiger partial charge in [-0.05, 0) is 49.7 Å². The SMILES string of the molecule is CNC(=O)c1ccccc1CC1(O)c2ccccc2CCC1CN(C)C. The molecule has 138 valence electrons. The standard InChI is InChI=1S/C22H28N2O2/c1-23-21(25)19-10-6-4-9-17(19)14-22(26)18(15-24(2)3)13-12-16-8-5-7-11-20(16)22/h4-11,18,26H,12-15H2,1-3H3,(H,23,25). The molecule has 1 aliphatic rings. The van der Waals surface area contributed by atoms with Gasteiger partial charge in [0.05, 0.1) is 5.60 Å². The van der Waals surface area contributed by atoms with Crippen molar-refractivity contribution in [1.29, 1.82) is 0 Å². The maximum atomic E-state index is 12.3. The van der Waals surface area contributed by atoms with Crippen LogP contribution in [0.25, 0.3) is 0 Å². The minimum absolute atomic E-state index is 0.113. The predicted octanol–water partition coefficient (Wildman–Crippen LogP) is 2.60. The summed E-state index contributed by atoms with van der Waals surface area (Å²) in [7, 11) is 5.72. The summed E-state index contributed by atoms with van der Waals surface area (Å²) in [5.41, 5.74) is 2.75. The summed E-state index contributed by atoms with van der Waals surface area (Å²) in [6, 6.07) is 15.7. The molecule has 0 bridgehead atoms. The quantitative estimate of drug-likeness (QED) is 0.870. The molecular weight excluding hydrogens is 324 g/mol. The summed E-state index contributed by atoms with van der Waals surface area (Å²) < 4.78 is 0. The average Bonchev–Trinajstić information content (AvgIpc) is 2.64. The zero-order valence-corrected chi connectivity index (χ0v) is 15.8. The van der Waals surface area contributed by atoms with E-state index in [0.717, 1.165) is 30.5 Å². The summed E-state index contributed by atoms with van der Waals surface area (Å²) in [6.07, 6.45) is 2.36. The Morgan fingerprint density at radius 2 is 1.88 bits per heavy atom. The van der Waals surface area contributed by atoms with Crippen molar-refractivity contribution in [3.8, 4) is 0 Å². The Labute approximate surface area is 155 Å². The molecule has 2 aromatic rings. The van der Waals surface area contributed by atoms with E-state index in [1.807, 2.05) is 56.6 Å². The third-order valence-electron chi connectivity index (χ3n) is 5.46. The van der Waals surface area contributed by atoms with Crippen molar-refractivity contribution in [3.05, 3.63) is 70.8 Å². The molecule has 26 heavy (non-hydrogen) atoms. The van der Waals surface area contributed by atoms with Crippen LogP contribution in [0, 0.1) is 5.92 Å². The van der Waals surface area contributed by atoms with Crippen molar-refractivity contribution < 1.29 is 9.90 Å². The van der Waals surface area contributed by atoms with Gasteiger partial charge in [-0.1, -0.05) is 42.5 Å². The molecule has 0 aliphatic heterocycles. The Hall–Kier alpha value is -2.17. The monoisotopic (exact) mass is 352 g/mol. The molecule has 3 rings (SSSR count). The molecule has 1 aliphatic carbocycles. The van der Waals surface area contributed by atoms with Gasteiger partial charge in [-0.25, -0.2) is 0 Å². The Kier molecular flexibility index (Phi) is 5.44. The Morgan fingerprint density at radius 3 is 2.62 bits per heavy atom. The van der Waals surface area contributed by atoms with E-state index in [1.54, 1.807) is 7.05 Å². The van der Waals surface area contributed by atoms with Gasteiger partial charge in [-0.2, -0.15) is 0 Å². The van der Waals surface area contributed by atoms with E-state index in [9.17, 15) is 9.90 Å². The smallest absolute Gasteiger partial charge is 0.251 e. The molecule has 2 aromatic carbocycles. The van der Waals surface area contributed by atoms with Crippen LogP contribution in [0.15, 0.2) is 48.5 Å². The topological polar surface area (TPSA) is 52.6 Å². The lowest BCUT2D eigenvalue weighted by molar-refractivity contribution is -0.0435. The number of nitrogens with one attached hydrogen (secondary N) is 1. The van der Waals surface area contributed by atoms with Gasteiger partial charge in [0, 0.05) is 31.5 Å². The van der Waals surface area contributed by atoms with Crippen LogP contribution in [0.2, 0.25) is 0 Å². The van der Waals surface area contributed by atoms with Crippen molar-refractivity contribution in [3.63, 3.8) is 0 Å². The molecule has 2 N–H and O–H groups in total. The van der Waals surface area contributed by atoms with Crippen molar-refractivity contribution in [2.45, 2.75) is 24.9 Å². The molecule has 0 saturated carbocycles. The van der Waals surface area contributed by atoms with Crippen molar-refractivity contribution in [1.82, 2.24) is 10.2 Å². The number of benzene rings is 2. The molecule has 0 fully saturated rings. The van der Waals surface area contributed by atoms with Crippen molar-refractivity contribution >= 4 is 5.91 Å². The first-order valence-corrected chi connectivity index (χ1v) is 9.21. The lowest BCUT2D eigenvalue weighted by atomic mass is 9.68. The van der Waals surface area contributed by atoms with E-state index in [4.69, 9.17) is 0 Å². The number of carbonyl (C=O) groups is 1. The highest BCUT2D eigenvalue weighted by molar-refractivity contribution is 5.95. The zero-order valence-electron chi connectivity index (χ0n) is 15.8. The van der Waals surface area contributed by atoms with Crippen LogP contribution < -0.4 is 5.32 Å². The summed E-state index contributed by atoms with van der Waals surface area (Å²) in [6.45, 7) is 0.812. The molecule has 2 unspecified atom stereocenters. The van der Waals surface area contributed by atoms with Crippen LogP contribution in [0.1, 0.15) is 33.5 Å². The van der Waals surface area contributed by atoms with Gasteiger partial charge in [0.2, 0.25) is 0 Å². The number of carbonyl (C=O) groups excluding carboxylic acids is 1. The van der Waals surface area contributed by atoms with Crippen LogP contribution in [-0.2, 0) is 18.4 Å². The fourth-order valence-electron chi connectivity index (χ4n) is 4.19. The van der Waals surface area contributed by atoms with Gasteiger partial charge >= 0.3 is 0 Å². The Balaban J connectivity index is 2.06. The summed E-state index contributed by atoms with van der Waals surface area (Å²) in [5.74, 6) is 0.00241. The Bertz CT molecular complexity index is 787. The van der Waals surface area contributed by atoms with E-state index < -0.39 is 5.60 Å². The van der Waals surface area contributed by atoms with Crippen molar-refractivity contribution in [2.24, 2.45) is 5.92 Å². The minimum Gasteiger partial charge on any atom is -0.384 e. The summed E-state index contributed by atoms with van der Waals surface area (Å²) in [4.78, 5) is 14.4. The largest absolute Gasteiger partial charge is 0.384 e. The second-order valence-corrected chi connectivity index (χ2v) is 7.49. The average molecular weight is 352 g/mol. The number of hydrogen-bond donors (Lipinski definition) is 2. The second-order valence-electron chi connectivity index (χ2n) is 7.49. The van der Waals surface area contributed by atoms with Gasteiger partial charge in [-0.15, -0.1) is 0 Å². The first kappa shape index (κ1) is 18.6. The van der Waals surface area contributed by atoms with Gasteiger partial charge in [0.25, 0.3) is 5.91 Å². The van der Waals surface area contributed by atoms with Gasteiger partial charge < -0.3 is 15.3 Å². The van der Waals surface area contributed by atoms with E-state index in [1.165, 1.54) is 5.56 Å². The van der Waals surface area contributed by atoms with Crippen LogP contribution in [0.3, 0.4) is 0 Å². The zero-order chi connectivity index (χ0) is 18.7. The molecule has 1 amide bonds. The van der Waals surface area contributed by atoms with Crippen molar-refractivity contribution in [2.75, 3.05) is 27.7 Å². The van der Waals surface area contributed by atoms with Crippen LogP contribution in [-0.4, -0.2) is 43.6 Å². The molecule has 2 atom stereocenters. The van der Waals surface area contributed by atoms with Crippen LogP contribution >= 0.6 is 0 Å². The van der Waals surface area contributed by atoms with E-state index in [-0.39, 0.29) is 11.8 Å². The number of rotatable bonds is 5. The Morgan fingerprint density at radius 1 is 1.19 bits per heavy atom. The van der Waals surface area contributed by atoms with Crippen LogP contribution in [0.5, 0.6) is 0 Å². The number of aliphatic hydroxyl groups is 1. The summed E-state index contributed by atoms with van der Waals surface area (Å²) in [5, 5.41) is 14.6. The van der Waals surface area contributed by atoms with E-state index >= 15 is 0 Å². The maximum Gasteiger partial charge on any atom is 0.251 e. The summed E-state index contributed by atoms with van der Waals surface area (Å²) >= 11 is 0. The van der Waals surface area contributed by atoms with E-state index in [0.29, 0.717) is 12.0 Å². The highest BCUT2D eigenvalue weighted by Gasteiger charge is 2.43. The van der Waals surface area contributed by atoms with Gasteiger partial charge in [0.15, 0.2) is 0 Å². The normalized spacial score (nSPS) is 22.1. The third kappa shape index (κ3) is 3.53. The molecule has 4 heteroatoms. The maximum absolute atomic E-state index is 12.3. The predicted molar refractivity (Wildman–Crippen MR) is 104 cm³/mol. The lowest BCUT2D eigenvalue weighted by Crippen LogP contribution is -2.46. The lowest BCUT2D eigenvalue weighted by Gasteiger charge is -2.43. The third-order valence-corrected chi connectivity index (χ3v) is 5.46. The first-order valence-electron chi connectivity index (χ1n) is 9.21. The number of hydrogen-bond acceptors (Lipinski definition) is 3. The molecule has 0 radical (unpaired) electrons. The second kappa shape index (κ2) is 7.60. The number of nitrogens with zero attached hydrogens (tertiary/aromatic N) is 1. The molecule has 0 heterocycles. The van der Waals surface area contributed by atoms with E-state index in [2.05, 4.69) is 16.3 Å². The molecule has 4 nitrogen and oxygen atoms in total. The number of fused-ring (bicyclic) bond motifs is 1. The molecule has 0 saturated heterocycles. The highest BCUT2D eigenvalue weighted by atomic mass is 16.3. The fourth-order valence-corrected chi connectivity index (χ4v) is 4.19. The van der Waals surface area contributed by atoms with Gasteiger partial charge in [-0.3, -0.25) is 4.79 Å². The number of amides is 1. The van der Waals surface area contributed by atoms with Crippen LogP contribution in [0.4, 0.5) is 0 Å². The molecule has 0 spiro atoms.